The van der Waals surface area contributed by atoms with Crippen LogP contribution in [0.2, 0.25) is 5.02 Å². The fraction of sp³-hybridized carbons (Fsp3) is 0.333. The molecule has 2 aromatic rings. The number of halogens is 4. The number of carbonyl (C=O) groups excluding carboxylic acids is 3. The van der Waals surface area contributed by atoms with Crippen LogP contribution in [0.5, 0.6) is 0 Å². The van der Waals surface area contributed by atoms with Crippen LogP contribution in [0.15, 0.2) is 36.5 Å². The fourth-order valence-electron chi connectivity index (χ4n) is 3.32. The lowest BCUT2D eigenvalue weighted by Gasteiger charge is -2.27. The van der Waals surface area contributed by atoms with Crippen LogP contribution in [0, 0.1) is 5.92 Å². The molecule has 0 aliphatic carbocycles. The number of hydrogen-bond donors (Lipinski definition) is 2. The van der Waals surface area contributed by atoms with E-state index in [0.29, 0.717) is 30.8 Å². The molecule has 0 spiro atoms. The molecule has 0 bridgehead atoms. The summed E-state index contributed by atoms with van der Waals surface area (Å²) in [5.41, 5.74) is -0.307. The van der Waals surface area contributed by atoms with Gasteiger partial charge < -0.3 is 10.6 Å². The molecule has 3 rings (SSSR count). The summed E-state index contributed by atoms with van der Waals surface area (Å²) in [5.74, 6) is -3.74. The van der Waals surface area contributed by atoms with Crippen molar-refractivity contribution in [2.24, 2.45) is 5.92 Å². The van der Waals surface area contributed by atoms with Crippen LogP contribution < -0.4 is 15.5 Å². The zero-order valence-electron chi connectivity index (χ0n) is 17.0. The topological polar surface area (TPSA) is 91.4 Å². The lowest BCUT2D eigenvalue weighted by atomic mass is 9.97. The molecule has 1 aliphatic heterocycles. The monoisotopic (exact) mass is 468 g/mol. The van der Waals surface area contributed by atoms with Crippen molar-refractivity contribution in [1.82, 2.24) is 10.3 Å². The summed E-state index contributed by atoms with van der Waals surface area (Å²) in [4.78, 5) is 41.2. The fourth-order valence-corrected chi connectivity index (χ4v) is 3.44. The molecule has 1 saturated heterocycles. The number of nitrogens with one attached hydrogen (secondary N) is 2. The van der Waals surface area contributed by atoms with E-state index in [4.69, 9.17) is 11.6 Å². The first-order valence-corrected chi connectivity index (χ1v) is 10.1. The largest absolute Gasteiger partial charge is 0.472 e. The molecular weight excluding hydrogens is 449 g/mol. The SMILES string of the molecule is CC(=O)c1ccc(NC(=O)C2CCNCC2)c(N(C(=O)C(F)(F)F)c2ccc(Cl)cn2)c1. The number of aromatic nitrogens is 1. The third-order valence-electron chi connectivity index (χ3n) is 5.00. The molecule has 0 saturated carbocycles. The quantitative estimate of drug-likeness (QED) is 0.645. The van der Waals surface area contributed by atoms with E-state index in [9.17, 15) is 27.6 Å². The second-order valence-electron chi connectivity index (χ2n) is 7.27. The molecule has 32 heavy (non-hydrogen) atoms. The van der Waals surface area contributed by atoms with Gasteiger partial charge in [-0.15, -0.1) is 0 Å². The number of alkyl halides is 3. The van der Waals surface area contributed by atoms with Crippen molar-refractivity contribution >= 4 is 46.4 Å². The first kappa shape index (κ1) is 23.7. The van der Waals surface area contributed by atoms with Crippen molar-refractivity contribution in [3.8, 4) is 0 Å². The van der Waals surface area contributed by atoms with E-state index < -0.39 is 17.9 Å². The summed E-state index contributed by atoms with van der Waals surface area (Å²) < 4.78 is 40.5. The van der Waals surface area contributed by atoms with Gasteiger partial charge in [0.05, 0.1) is 16.4 Å². The molecule has 0 atom stereocenters. The Morgan fingerprint density at radius 2 is 1.84 bits per heavy atom. The first-order valence-electron chi connectivity index (χ1n) is 9.77. The van der Waals surface area contributed by atoms with Gasteiger partial charge in [-0.05, 0) is 63.2 Å². The highest BCUT2D eigenvalue weighted by molar-refractivity contribution is 6.30. The molecule has 170 valence electrons. The van der Waals surface area contributed by atoms with Crippen molar-refractivity contribution in [2.75, 3.05) is 23.3 Å². The number of amides is 2. The van der Waals surface area contributed by atoms with Gasteiger partial charge in [-0.25, -0.2) is 4.98 Å². The van der Waals surface area contributed by atoms with Gasteiger partial charge in [0.15, 0.2) is 5.78 Å². The van der Waals surface area contributed by atoms with Crippen molar-refractivity contribution in [2.45, 2.75) is 25.9 Å². The highest BCUT2D eigenvalue weighted by atomic mass is 35.5. The Balaban J connectivity index is 2.11. The van der Waals surface area contributed by atoms with Gasteiger partial charge in [-0.1, -0.05) is 11.6 Å². The van der Waals surface area contributed by atoms with Crippen LogP contribution in [0.1, 0.15) is 30.1 Å². The Morgan fingerprint density at radius 3 is 2.41 bits per heavy atom. The Labute approximate surface area is 186 Å². The predicted molar refractivity (Wildman–Crippen MR) is 113 cm³/mol. The molecule has 1 aromatic carbocycles. The zero-order valence-corrected chi connectivity index (χ0v) is 17.8. The second-order valence-corrected chi connectivity index (χ2v) is 7.71. The lowest BCUT2D eigenvalue weighted by molar-refractivity contribution is -0.169. The van der Waals surface area contributed by atoms with E-state index in [-0.39, 0.29) is 39.6 Å². The molecular formula is C21H20ClF3N4O3. The first-order chi connectivity index (χ1) is 15.1. The summed E-state index contributed by atoms with van der Waals surface area (Å²) in [5, 5.41) is 5.90. The van der Waals surface area contributed by atoms with E-state index in [1.807, 2.05) is 0 Å². The van der Waals surface area contributed by atoms with Crippen molar-refractivity contribution < 1.29 is 27.6 Å². The summed E-state index contributed by atoms with van der Waals surface area (Å²) in [6.45, 7) is 2.52. The number of hydrogen-bond acceptors (Lipinski definition) is 5. The van der Waals surface area contributed by atoms with E-state index in [2.05, 4.69) is 15.6 Å². The van der Waals surface area contributed by atoms with Gasteiger partial charge in [0.1, 0.15) is 5.82 Å². The van der Waals surface area contributed by atoms with Gasteiger partial charge in [-0.3, -0.25) is 19.3 Å². The number of Topliss-reactive ketones (excluding diaryl/α,β-unsaturated/α-hetero) is 1. The Morgan fingerprint density at radius 1 is 1.16 bits per heavy atom. The zero-order chi connectivity index (χ0) is 23.5. The van der Waals surface area contributed by atoms with E-state index >= 15 is 0 Å². The molecule has 2 N–H and O–H groups in total. The number of rotatable bonds is 5. The lowest BCUT2D eigenvalue weighted by Crippen LogP contribution is -2.39. The maximum atomic E-state index is 13.5. The van der Waals surface area contributed by atoms with E-state index in [1.54, 1.807) is 0 Å². The van der Waals surface area contributed by atoms with Gasteiger partial charge in [0.2, 0.25) is 5.91 Å². The highest BCUT2D eigenvalue weighted by Crippen LogP contribution is 2.36. The average molecular weight is 469 g/mol. The minimum absolute atomic E-state index is 0.0483. The number of piperidine rings is 1. The molecule has 11 heteroatoms. The molecule has 7 nitrogen and oxygen atoms in total. The van der Waals surface area contributed by atoms with Crippen molar-refractivity contribution in [3.63, 3.8) is 0 Å². The van der Waals surface area contributed by atoms with Gasteiger partial charge >= 0.3 is 12.1 Å². The number of nitrogens with zero attached hydrogens (tertiary/aromatic N) is 2. The van der Waals surface area contributed by atoms with Crippen molar-refractivity contribution in [1.29, 1.82) is 0 Å². The van der Waals surface area contributed by atoms with Gasteiger partial charge in [-0.2, -0.15) is 13.2 Å². The predicted octanol–water partition coefficient (Wildman–Crippen LogP) is 4.10. The Bertz CT molecular complexity index is 1020. The molecule has 1 aliphatic rings. The van der Waals surface area contributed by atoms with Gasteiger partial charge in [0, 0.05) is 17.7 Å². The maximum absolute atomic E-state index is 13.5. The number of ketones is 1. The normalized spacial score (nSPS) is 14.7. The Hall–Kier alpha value is -2.98. The summed E-state index contributed by atoms with van der Waals surface area (Å²) >= 11 is 5.79. The Kier molecular flexibility index (Phi) is 7.15. The second kappa shape index (κ2) is 9.66. The molecule has 0 unspecified atom stereocenters. The summed E-state index contributed by atoms with van der Waals surface area (Å²) in [6, 6.07) is 6.22. The summed E-state index contributed by atoms with van der Waals surface area (Å²) in [6.07, 6.45) is -3.02. The van der Waals surface area contributed by atoms with Crippen molar-refractivity contribution in [3.05, 3.63) is 47.1 Å². The number of benzene rings is 1. The highest BCUT2D eigenvalue weighted by Gasteiger charge is 2.45. The number of pyridine rings is 1. The van der Waals surface area contributed by atoms with Crippen LogP contribution in [-0.2, 0) is 9.59 Å². The smallest absolute Gasteiger partial charge is 0.324 e. The third kappa shape index (κ3) is 5.43. The van der Waals surface area contributed by atoms with Crippen LogP contribution in [0.4, 0.5) is 30.4 Å². The third-order valence-corrected chi connectivity index (χ3v) is 5.22. The van der Waals surface area contributed by atoms with Crippen LogP contribution >= 0.6 is 11.6 Å². The molecule has 1 aromatic heterocycles. The van der Waals surface area contributed by atoms with Crippen LogP contribution in [0.25, 0.3) is 0 Å². The molecule has 1 fully saturated rings. The number of anilines is 3. The average Bonchev–Trinajstić information content (AvgIpc) is 2.76. The maximum Gasteiger partial charge on any atom is 0.472 e. The number of carbonyl (C=O) groups is 3. The van der Waals surface area contributed by atoms with E-state index in [0.717, 1.165) is 18.3 Å². The minimum Gasteiger partial charge on any atom is -0.324 e. The molecule has 0 radical (unpaired) electrons. The van der Waals surface area contributed by atoms with E-state index in [1.165, 1.54) is 25.1 Å². The van der Waals surface area contributed by atoms with Gasteiger partial charge in [0.25, 0.3) is 0 Å². The van der Waals surface area contributed by atoms with Crippen LogP contribution in [0.3, 0.4) is 0 Å². The van der Waals surface area contributed by atoms with Crippen LogP contribution in [-0.4, -0.2) is 41.8 Å². The summed E-state index contributed by atoms with van der Waals surface area (Å²) in [7, 11) is 0. The molecule has 2 heterocycles. The minimum atomic E-state index is -5.25. The standard InChI is InChI=1S/C21H20ClF3N4O3/c1-12(30)14-2-4-16(28-19(31)13-6-8-26-9-7-13)17(10-14)29(20(32)21(23,24)25)18-5-3-15(22)11-27-18/h2-5,10-11,13,26H,6-9H2,1H3,(H,28,31). The molecule has 2 amide bonds.